The summed E-state index contributed by atoms with van der Waals surface area (Å²) in [5, 5.41) is 22.0. The van der Waals surface area contributed by atoms with Crippen molar-refractivity contribution in [2.75, 3.05) is 20.6 Å². The van der Waals surface area contributed by atoms with E-state index in [4.69, 9.17) is 10.2 Å². The summed E-state index contributed by atoms with van der Waals surface area (Å²) in [5.74, 6) is -2.66. The maximum absolute atomic E-state index is 11.5. The Labute approximate surface area is 111 Å². The SMILES string of the molecule is CC(CCN(C)C)NC(=O)N[C@@H](CC(=O)O)C(=O)O. The van der Waals surface area contributed by atoms with Crippen LogP contribution in [0.4, 0.5) is 4.79 Å². The van der Waals surface area contributed by atoms with Crippen LogP contribution in [0, 0.1) is 0 Å². The molecule has 110 valence electrons. The van der Waals surface area contributed by atoms with E-state index in [1.54, 1.807) is 6.92 Å². The van der Waals surface area contributed by atoms with E-state index in [0.717, 1.165) is 6.54 Å². The average molecular weight is 275 g/mol. The number of carbonyl (C=O) groups is 3. The minimum absolute atomic E-state index is 0.137. The van der Waals surface area contributed by atoms with E-state index in [-0.39, 0.29) is 6.04 Å². The number of urea groups is 1. The van der Waals surface area contributed by atoms with Gasteiger partial charge < -0.3 is 25.7 Å². The van der Waals surface area contributed by atoms with Crippen LogP contribution >= 0.6 is 0 Å². The molecule has 0 aromatic carbocycles. The molecule has 0 saturated carbocycles. The molecule has 0 radical (unpaired) electrons. The molecule has 0 heterocycles. The number of amides is 2. The molecular formula is C11H21N3O5. The molecule has 19 heavy (non-hydrogen) atoms. The van der Waals surface area contributed by atoms with Gasteiger partial charge in [-0.25, -0.2) is 9.59 Å². The molecule has 8 nitrogen and oxygen atoms in total. The van der Waals surface area contributed by atoms with E-state index in [9.17, 15) is 14.4 Å². The molecule has 0 aromatic rings. The first-order chi connectivity index (χ1) is 8.72. The van der Waals surface area contributed by atoms with Crippen LogP contribution in [0.15, 0.2) is 0 Å². The fourth-order valence-electron chi connectivity index (χ4n) is 1.32. The fraction of sp³-hybridized carbons (Fsp3) is 0.727. The summed E-state index contributed by atoms with van der Waals surface area (Å²) in [7, 11) is 3.81. The maximum Gasteiger partial charge on any atom is 0.326 e. The van der Waals surface area contributed by atoms with Crippen molar-refractivity contribution in [1.29, 1.82) is 0 Å². The van der Waals surface area contributed by atoms with Crippen molar-refractivity contribution in [3.05, 3.63) is 0 Å². The standard InChI is InChI=1S/C11H21N3O5/c1-7(4-5-14(2)3)12-11(19)13-8(10(17)18)6-9(15)16/h7-8H,4-6H2,1-3H3,(H,15,16)(H,17,18)(H2,12,13,19)/t7?,8-/m0/s1. The quantitative estimate of drug-likeness (QED) is 0.476. The number of hydrogen-bond donors (Lipinski definition) is 4. The van der Waals surface area contributed by atoms with E-state index in [2.05, 4.69) is 10.6 Å². The lowest BCUT2D eigenvalue weighted by Gasteiger charge is -2.19. The largest absolute Gasteiger partial charge is 0.481 e. The molecule has 2 amide bonds. The summed E-state index contributed by atoms with van der Waals surface area (Å²) in [6.07, 6.45) is 0.0475. The van der Waals surface area contributed by atoms with Crippen LogP contribution < -0.4 is 10.6 Å². The summed E-state index contributed by atoms with van der Waals surface area (Å²) in [6.45, 7) is 2.56. The van der Waals surface area contributed by atoms with Crippen molar-refractivity contribution in [3.8, 4) is 0 Å². The van der Waals surface area contributed by atoms with Crippen molar-refractivity contribution in [2.24, 2.45) is 0 Å². The summed E-state index contributed by atoms with van der Waals surface area (Å²) in [5.41, 5.74) is 0. The molecule has 0 rings (SSSR count). The van der Waals surface area contributed by atoms with E-state index in [0.29, 0.717) is 6.42 Å². The minimum atomic E-state index is -1.43. The zero-order chi connectivity index (χ0) is 15.0. The molecule has 0 bridgehead atoms. The molecule has 0 aliphatic carbocycles. The monoisotopic (exact) mass is 275 g/mol. The maximum atomic E-state index is 11.5. The Bertz CT molecular complexity index is 332. The number of carboxylic acid groups (broad SMARTS) is 2. The normalized spacial score (nSPS) is 13.7. The van der Waals surface area contributed by atoms with Gasteiger partial charge in [-0.1, -0.05) is 0 Å². The number of hydrogen-bond acceptors (Lipinski definition) is 4. The Hall–Kier alpha value is -1.83. The molecule has 2 atom stereocenters. The molecular weight excluding hydrogens is 254 g/mol. The second-order valence-corrected chi connectivity index (χ2v) is 4.60. The zero-order valence-electron chi connectivity index (χ0n) is 11.3. The highest BCUT2D eigenvalue weighted by Gasteiger charge is 2.23. The van der Waals surface area contributed by atoms with E-state index in [1.807, 2.05) is 19.0 Å². The van der Waals surface area contributed by atoms with Gasteiger partial charge in [0, 0.05) is 6.04 Å². The van der Waals surface area contributed by atoms with Gasteiger partial charge in [-0.15, -0.1) is 0 Å². The second kappa shape index (κ2) is 8.30. The third-order valence-corrected chi connectivity index (χ3v) is 2.37. The van der Waals surface area contributed by atoms with Gasteiger partial charge in [-0.3, -0.25) is 4.79 Å². The molecule has 0 aromatic heterocycles. The highest BCUT2D eigenvalue weighted by atomic mass is 16.4. The Morgan fingerprint density at radius 1 is 1.16 bits per heavy atom. The summed E-state index contributed by atoms with van der Waals surface area (Å²) >= 11 is 0. The van der Waals surface area contributed by atoms with Crippen LogP contribution in [-0.2, 0) is 9.59 Å². The lowest BCUT2D eigenvalue weighted by atomic mass is 10.2. The molecule has 0 fully saturated rings. The lowest BCUT2D eigenvalue weighted by molar-refractivity contribution is -0.145. The van der Waals surface area contributed by atoms with Crippen molar-refractivity contribution in [3.63, 3.8) is 0 Å². The number of rotatable bonds is 8. The molecule has 1 unspecified atom stereocenters. The highest BCUT2D eigenvalue weighted by Crippen LogP contribution is 1.95. The Kier molecular flexibility index (Phi) is 7.50. The van der Waals surface area contributed by atoms with E-state index in [1.165, 1.54) is 0 Å². The van der Waals surface area contributed by atoms with Gasteiger partial charge in [-0.05, 0) is 34.0 Å². The van der Waals surface area contributed by atoms with Gasteiger partial charge in [0.2, 0.25) is 0 Å². The lowest BCUT2D eigenvalue weighted by Crippen LogP contribution is -2.49. The first-order valence-electron chi connectivity index (χ1n) is 5.88. The number of nitrogens with zero attached hydrogens (tertiary/aromatic N) is 1. The van der Waals surface area contributed by atoms with Crippen LogP contribution in [0.3, 0.4) is 0 Å². The Balaban J connectivity index is 4.18. The van der Waals surface area contributed by atoms with Crippen LogP contribution in [-0.4, -0.2) is 65.8 Å². The smallest absolute Gasteiger partial charge is 0.326 e. The number of aliphatic carboxylic acids is 2. The van der Waals surface area contributed by atoms with Crippen molar-refractivity contribution in [1.82, 2.24) is 15.5 Å². The van der Waals surface area contributed by atoms with Gasteiger partial charge >= 0.3 is 18.0 Å². The van der Waals surface area contributed by atoms with Gasteiger partial charge in [0.1, 0.15) is 6.04 Å². The van der Waals surface area contributed by atoms with Crippen LogP contribution in [0.5, 0.6) is 0 Å². The second-order valence-electron chi connectivity index (χ2n) is 4.60. The first kappa shape index (κ1) is 17.2. The summed E-state index contributed by atoms with van der Waals surface area (Å²) in [4.78, 5) is 34.7. The zero-order valence-corrected chi connectivity index (χ0v) is 11.3. The number of nitrogens with one attached hydrogen (secondary N) is 2. The average Bonchev–Trinajstić information content (AvgIpc) is 2.24. The number of carbonyl (C=O) groups excluding carboxylic acids is 1. The van der Waals surface area contributed by atoms with E-state index >= 15 is 0 Å². The van der Waals surface area contributed by atoms with Crippen LogP contribution in [0.1, 0.15) is 19.8 Å². The van der Waals surface area contributed by atoms with Gasteiger partial charge in [0.25, 0.3) is 0 Å². The van der Waals surface area contributed by atoms with Crippen molar-refractivity contribution in [2.45, 2.75) is 31.8 Å². The molecule has 4 N–H and O–H groups in total. The third kappa shape index (κ3) is 8.83. The predicted octanol–water partition coefficient (Wildman–Crippen LogP) is -0.446. The van der Waals surface area contributed by atoms with Gasteiger partial charge in [0.05, 0.1) is 6.42 Å². The van der Waals surface area contributed by atoms with Crippen LogP contribution in [0.2, 0.25) is 0 Å². The molecule has 0 aliphatic rings. The van der Waals surface area contributed by atoms with Gasteiger partial charge in [-0.2, -0.15) is 0 Å². The van der Waals surface area contributed by atoms with E-state index < -0.39 is 30.4 Å². The minimum Gasteiger partial charge on any atom is -0.481 e. The fourth-order valence-corrected chi connectivity index (χ4v) is 1.32. The molecule has 0 spiro atoms. The summed E-state index contributed by atoms with van der Waals surface area (Å²) < 4.78 is 0. The highest BCUT2D eigenvalue weighted by molar-refractivity contribution is 5.86. The topological polar surface area (TPSA) is 119 Å². The molecule has 8 heteroatoms. The molecule has 0 saturated heterocycles. The Morgan fingerprint density at radius 3 is 2.16 bits per heavy atom. The first-order valence-corrected chi connectivity index (χ1v) is 5.88. The predicted molar refractivity (Wildman–Crippen MR) is 68.0 cm³/mol. The van der Waals surface area contributed by atoms with Crippen molar-refractivity contribution >= 4 is 18.0 Å². The third-order valence-electron chi connectivity index (χ3n) is 2.37. The van der Waals surface area contributed by atoms with Gasteiger partial charge in [0.15, 0.2) is 0 Å². The summed E-state index contributed by atoms with van der Waals surface area (Å²) in [6, 6.07) is -2.25. The molecule has 0 aliphatic heterocycles. The van der Waals surface area contributed by atoms with Crippen LogP contribution in [0.25, 0.3) is 0 Å². The number of carboxylic acids is 2. The Morgan fingerprint density at radius 2 is 1.74 bits per heavy atom. The van der Waals surface area contributed by atoms with Crippen molar-refractivity contribution < 1.29 is 24.6 Å².